The molecular weight excluding hydrogens is 346 g/mol. The highest BCUT2D eigenvalue weighted by Gasteiger charge is 2.31. The van der Waals surface area contributed by atoms with E-state index in [1.807, 2.05) is 0 Å². The summed E-state index contributed by atoms with van der Waals surface area (Å²) in [5.41, 5.74) is 1.00. The van der Waals surface area contributed by atoms with E-state index in [9.17, 15) is 13.6 Å². The number of methoxy groups -OCH3 is 2. The molecule has 136 valence electrons. The van der Waals surface area contributed by atoms with Crippen LogP contribution < -0.4 is 14.8 Å². The van der Waals surface area contributed by atoms with Gasteiger partial charge < -0.3 is 19.6 Å². The number of carbonyl (C=O) groups is 1. The van der Waals surface area contributed by atoms with Crippen LogP contribution in [-0.4, -0.2) is 31.9 Å². The molecule has 6 nitrogen and oxygen atoms in total. The van der Waals surface area contributed by atoms with Crippen molar-refractivity contribution < 1.29 is 27.9 Å². The van der Waals surface area contributed by atoms with Crippen LogP contribution in [0.5, 0.6) is 11.5 Å². The minimum atomic E-state index is -0.939. The van der Waals surface area contributed by atoms with Crippen molar-refractivity contribution in [2.45, 2.75) is 12.5 Å². The molecule has 0 aromatic heterocycles. The summed E-state index contributed by atoms with van der Waals surface area (Å²) in [7, 11) is 3.05. The van der Waals surface area contributed by atoms with Gasteiger partial charge in [0.25, 0.3) is 5.91 Å². The molecule has 0 unspecified atom stereocenters. The number of anilines is 1. The van der Waals surface area contributed by atoms with E-state index in [2.05, 4.69) is 10.5 Å². The van der Waals surface area contributed by atoms with Crippen molar-refractivity contribution in [3.8, 4) is 11.5 Å². The molecule has 3 rings (SSSR count). The van der Waals surface area contributed by atoms with Gasteiger partial charge in [-0.05, 0) is 30.3 Å². The number of nitrogens with one attached hydrogen (secondary N) is 1. The maximum atomic E-state index is 13.7. The van der Waals surface area contributed by atoms with Gasteiger partial charge in [-0.3, -0.25) is 4.79 Å². The Morgan fingerprint density at radius 1 is 1.19 bits per heavy atom. The van der Waals surface area contributed by atoms with Gasteiger partial charge in [0.1, 0.15) is 23.1 Å². The van der Waals surface area contributed by atoms with Crippen molar-refractivity contribution in [3.63, 3.8) is 0 Å². The van der Waals surface area contributed by atoms with Crippen LogP contribution >= 0.6 is 0 Å². The van der Waals surface area contributed by atoms with Gasteiger partial charge in [-0.2, -0.15) is 0 Å². The Balaban J connectivity index is 1.72. The molecule has 0 saturated heterocycles. The van der Waals surface area contributed by atoms with E-state index in [0.29, 0.717) is 28.8 Å². The standard InChI is InChI=1S/C18H16F2N2O4/c1-24-11-4-6-16(25-2)12(8-11)15-9-17(26-22-15)18(23)21-14-5-3-10(19)7-13(14)20/h3-8,17H,9H2,1-2H3,(H,21,23)/t17-/m1/s1. The van der Waals surface area contributed by atoms with Crippen LogP contribution in [0.2, 0.25) is 0 Å². The number of ether oxygens (including phenoxy) is 2. The van der Waals surface area contributed by atoms with E-state index in [1.54, 1.807) is 18.2 Å². The fraction of sp³-hybridized carbons (Fsp3) is 0.222. The summed E-state index contributed by atoms with van der Waals surface area (Å²) in [5.74, 6) is -1.03. The van der Waals surface area contributed by atoms with Gasteiger partial charge in [0.05, 0.1) is 25.6 Å². The number of oxime groups is 1. The lowest BCUT2D eigenvalue weighted by Crippen LogP contribution is -2.28. The van der Waals surface area contributed by atoms with Crippen LogP contribution in [-0.2, 0) is 9.63 Å². The van der Waals surface area contributed by atoms with E-state index in [0.717, 1.165) is 12.1 Å². The van der Waals surface area contributed by atoms with Gasteiger partial charge in [0.2, 0.25) is 6.10 Å². The molecule has 0 bridgehead atoms. The molecule has 0 fully saturated rings. The average molecular weight is 362 g/mol. The second-order valence-electron chi connectivity index (χ2n) is 5.52. The Labute approximate surface area is 148 Å². The molecule has 0 aliphatic carbocycles. The molecular formula is C18H16F2N2O4. The number of rotatable bonds is 5. The number of hydrogen-bond acceptors (Lipinski definition) is 5. The van der Waals surface area contributed by atoms with E-state index in [4.69, 9.17) is 14.3 Å². The summed E-state index contributed by atoms with van der Waals surface area (Å²) in [4.78, 5) is 17.5. The maximum absolute atomic E-state index is 13.7. The first-order valence-electron chi connectivity index (χ1n) is 7.73. The molecule has 1 aliphatic heterocycles. The Morgan fingerprint density at radius 3 is 2.69 bits per heavy atom. The fourth-order valence-corrected chi connectivity index (χ4v) is 2.52. The number of carbonyl (C=O) groups excluding carboxylic acids is 1. The third-order valence-corrected chi connectivity index (χ3v) is 3.87. The van der Waals surface area contributed by atoms with Crippen LogP contribution in [0, 0.1) is 11.6 Å². The Bertz CT molecular complexity index is 870. The topological polar surface area (TPSA) is 69.1 Å². The predicted molar refractivity (Wildman–Crippen MR) is 90.6 cm³/mol. The van der Waals surface area contributed by atoms with E-state index >= 15 is 0 Å². The first-order valence-corrected chi connectivity index (χ1v) is 7.73. The van der Waals surface area contributed by atoms with Crippen LogP contribution in [0.15, 0.2) is 41.6 Å². The van der Waals surface area contributed by atoms with Gasteiger partial charge in [0.15, 0.2) is 0 Å². The SMILES string of the molecule is COc1ccc(OC)c(C2=NO[C@@H](C(=O)Nc3ccc(F)cc3F)C2)c1. The molecule has 8 heteroatoms. The van der Waals surface area contributed by atoms with Crippen molar-refractivity contribution in [1.82, 2.24) is 0 Å². The lowest BCUT2D eigenvalue weighted by molar-refractivity contribution is -0.125. The lowest BCUT2D eigenvalue weighted by atomic mass is 10.0. The molecule has 0 saturated carbocycles. The number of nitrogens with zero attached hydrogens (tertiary/aromatic N) is 1. The smallest absolute Gasteiger partial charge is 0.268 e. The van der Waals surface area contributed by atoms with Crippen LogP contribution in [0.4, 0.5) is 14.5 Å². The third-order valence-electron chi connectivity index (χ3n) is 3.87. The molecule has 1 N–H and O–H groups in total. The molecule has 2 aromatic carbocycles. The molecule has 1 aliphatic rings. The van der Waals surface area contributed by atoms with Crippen LogP contribution in [0.25, 0.3) is 0 Å². The Morgan fingerprint density at radius 2 is 2.00 bits per heavy atom. The molecule has 2 aromatic rings. The van der Waals surface area contributed by atoms with E-state index in [-0.39, 0.29) is 12.1 Å². The molecule has 0 radical (unpaired) electrons. The predicted octanol–water partition coefficient (Wildman–Crippen LogP) is 3.11. The third kappa shape index (κ3) is 3.58. The number of halogens is 2. The highest BCUT2D eigenvalue weighted by Crippen LogP contribution is 2.29. The highest BCUT2D eigenvalue weighted by atomic mass is 19.1. The van der Waals surface area contributed by atoms with Gasteiger partial charge in [-0.25, -0.2) is 8.78 Å². The van der Waals surface area contributed by atoms with Crippen molar-refractivity contribution >= 4 is 17.3 Å². The van der Waals surface area contributed by atoms with Gasteiger partial charge in [-0.15, -0.1) is 0 Å². The zero-order chi connectivity index (χ0) is 18.7. The largest absolute Gasteiger partial charge is 0.497 e. The molecule has 26 heavy (non-hydrogen) atoms. The number of benzene rings is 2. The maximum Gasteiger partial charge on any atom is 0.268 e. The van der Waals surface area contributed by atoms with E-state index < -0.39 is 23.6 Å². The second-order valence-corrected chi connectivity index (χ2v) is 5.52. The number of hydrogen-bond donors (Lipinski definition) is 1. The first-order chi connectivity index (χ1) is 12.5. The minimum Gasteiger partial charge on any atom is -0.497 e. The molecule has 0 spiro atoms. The zero-order valence-corrected chi connectivity index (χ0v) is 14.1. The number of amides is 1. The summed E-state index contributed by atoms with van der Waals surface area (Å²) >= 11 is 0. The van der Waals surface area contributed by atoms with Crippen molar-refractivity contribution in [3.05, 3.63) is 53.6 Å². The normalized spacial score (nSPS) is 15.8. The van der Waals surface area contributed by atoms with Gasteiger partial charge in [-0.1, -0.05) is 5.16 Å². The van der Waals surface area contributed by atoms with Crippen LogP contribution in [0.3, 0.4) is 0 Å². The summed E-state index contributed by atoms with van der Waals surface area (Å²) in [6, 6.07) is 8.06. The lowest BCUT2D eigenvalue weighted by Gasteiger charge is -2.11. The monoisotopic (exact) mass is 362 g/mol. The average Bonchev–Trinajstić information content (AvgIpc) is 3.13. The summed E-state index contributed by atoms with van der Waals surface area (Å²) in [5, 5.41) is 6.30. The van der Waals surface area contributed by atoms with Crippen molar-refractivity contribution in [2.75, 3.05) is 19.5 Å². The summed E-state index contributed by atoms with van der Waals surface area (Å²) in [6.45, 7) is 0. The van der Waals surface area contributed by atoms with Gasteiger partial charge >= 0.3 is 0 Å². The minimum absolute atomic E-state index is 0.132. The Hall–Kier alpha value is -3.16. The first kappa shape index (κ1) is 17.7. The van der Waals surface area contributed by atoms with E-state index in [1.165, 1.54) is 14.2 Å². The summed E-state index contributed by atoms with van der Waals surface area (Å²) < 4.78 is 37.1. The fourth-order valence-electron chi connectivity index (χ4n) is 2.52. The van der Waals surface area contributed by atoms with Crippen molar-refractivity contribution in [1.29, 1.82) is 0 Å². The van der Waals surface area contributed by atoms with Crippen molar-refractivity contribution in [2.24, 2.45) is 5.16 Å². The zero-order valence-electron chi connectivity index (χ0n) is 14.1. The van der Waals surface area contributed by atoms with Crippen LogP contribution in [0.1, 0.15) is 12.0 Å². The Kier molecular flexibility index (Phi) is 5.01. The molecule has 1 atom stereocenters. The van der Waals surface area contributed by atoms with Gasteiger partial charge in [0, 0.05) is 18.1 Å². The second kappa shape index (κ2) is 7.38. The molecule has 1 amide bonds. The molecule has 1 heterocycles. The quantitative estimate of drug-likeness (QED) is 0.887. The highest BCUT2D eigenvalue weighted by molar-refractivity contribution is 6.07. The summed E-state index contributed by atoms with van der Waals surface area (Å²) in [6.07, 6.45) is -0.775.